The highest BCUT2D eigenvalue weighted by molar-refractivity contribution is 7.89. The molecule has 1 aromatic carbocycles. The number of nitrogens with zero attached hydrogens (tertiary/aromatic N) is 4. The Balaban J connectivity index is 0.00000320. The van der Waals surface area contributed by atoms with Gasteiger partial charge in [-0.15, -0.1) is 12.4 Å². The summed E-state index contributed by atoms with van der Waals surface area (Å²) >= 11 is 0. The molecule has 1 atom stereocenters. The molecule has 30 heavy (non-hydrogen) atoms. The molecule has 0 aliphatic carbocycles. The maximum Gasteiger partial charge on any atom is 0.255 e. The van der Waals surface area contributed by atoms with Crippen molar-refractivity contribution >= 4 is 28.3 Å². The predicted molar refractivity (Wildman–Crippen MR) is 116 cm³/mol. The average Bonchev–Trinajstić information content (AvgIpc) is 2.72. The summed E-state index contributed by atoms with van der Waals surface area (Å²) in [7, 11) is -3.70. The SMILES string of the molecule is CCc1ccc(C(=O)N2CCN(S(=O)(=O)c3ccc(C#N)cc3C)C[C@@H]2C)cn1.Cl. The molecule has 160 valence electrons. The summed E-state index contributed by atoms with van der Waals surface area (Å²) in [4.78, 5) is 19.0. The summed E-state index contributed by atoms with van der Waals surface area (Å²) in [6, 6.07) is 9.92. The molecule has 1 amide bonds. The lowest BCUT2D eigenvalue weighted by molar-refractivity contribution is 0.0591. The van der Waals surface area contributed by atoms with Crippen LogP contribution in [0.2, 0.25) is 0 Å². The van der Waals surface area contributed by atoms with Crippen LogP contribution < -0.4 is 0 Å². The standard InChI is InChI=1S/C21H24N4O3S.ClH/c1-4-19-7-6-18(13-23-19)21(26)25-10-9-24(14-16(25)3)29(27,28)20-8-5-17(12-22)11-15(20)2;/h5-8,11,13,16H,4,9-10,14H2,1-3H3;1H/t16-;/m0./s1. The summed E-state index contributed by atoms with van der Waals surface area (Å²) in [5, 5.41) is 8.99. The van der Waals surface area contributed by atoms with Gasteiger partial charge in [-0.2, -0.15) is 9.57 Å². The number of aromatic nitrogens is 1. The second kappa shape index (κ2) is 9.56. The van der Waals surface area contributed by atoms with E-state index in [-0.39, 0.29) is 42.3 Å². The van der Waals surface area contributed by atoms with Crippen molar-refractivity contribution in [3.8, 4) is 6.07 Å². The zero-order chi connectivity index (χ0) is 21.2. The van der Waals surface area contributed by atoms with E-state index in [1.54, 1.807) is 30.2 Å². The fourth-order valence-corrected chi connectivity index (χ4v) is 5.24. The van der Waals surface area contributed by atoms with E-state index in [9.17, 15) is 13.2 Å². The highest BCUT2D eigenvalue weighted by atomic mass is 35.5. The number of amides is 1. The minimum atomic E-state index is -3.70. The van der Waals surface area contributed by atoms with Crippen molar-refractivity contribution in [3.05, 3.63) is 58.9 Å². The van der Waals surface area contributed by atoms with Gasteiger partial charge in [-0.05, 0) is 56.2 Å². The van der Waals surface area contributed by atoms with Crippen LogP contribution in [-0.2, 0) is 16.4 Å². The Bertz CT molecular complexity index is 1060. The van der Waals surface area contributed by atoms with Gasteiger partial charge in [0.2, 0.25) is 10.0 Å². The van der Waals surface area contributed by atoms with E-state index >= 15 is 0 Å². The van der Waals surface area contributed by atoms with Crippen molar-refractivity contribution in [1.82, 2.24) is 14.2 Å². The first-order chi connectivity index (χ1) is 13.8. The third-order valence-corrected chi connectivity index (χ3v) is 7.23. The fraction of sp³-hybridized carbons (Fsp3) is 0.381. The van der Waals surface area contributed by atoms with Crippen molar-refractivity contribution in [3.63, 3.8) is 0 Å². The summed E-state index contributed by atoms with van der Waals surface area (Å²) < 4.78 is 27.6. The van der Waals surface area contributed by atoms with E-state index in [4.69, 9.17) is 5.26 Å². The molecular formula is C21H25ClN4O3S. The zero-order valence-corrected chi connectivity index (χ0v) is 18.8. The molecule has 1 saturated heterocycles. The molecule has 0 saturated carbocycles. The lowest BCUT2D eigenvalue weighted by atomic mass is 10.1. The first-order valence-corrected chi connectivity index (χ1v) is 11.0. The molecule has 2 aromatic rings. The number of carbonyl (C=O) groups excluding carboxylic acids is 1. The van der Waals surface area contributed by atoms with Gasteiger partial charge < -0.3 is 4.90 Å². The van der Waals surface area contributed by atoms with Crippen LogP contribution in [0.3, 0.4) is 0 Å². The molecule has 1 aliphatic rings. The van der Waals surface area contributed by atoms with Crippen LogP contribution in [0, 0.1) is 18.3 Å². The van der Waals surface area contributed by atoms with E-state index < -0.39 is 10.0 Å². The molecule has 7 nitrogen and oxygen atoms in total. The number of rotatable bonds is 4. The summed E-state index contributed by atoms with van der Waals surface area (Å²) in [6.07, 6.45) is 2.38. The van der Waals surface area contributed by atoms with Crippen LogP contribution in [-0.4, -0.2) is 54.2 Å². The second-order valence-electron chi connectivity index (χ2n) is 7.19. The third kappa shape index (κ3) is 4.64. The van der Waals surface area contributed by atoms with Crippen molar-refractivity contribution in [2.75, 3.05) is 19.6 Å². The van der Waals surface area contributed by atoms with E-state index in [2.05, 4.69) is 4.98 Å². The van der Waals surface area contributed by atoms with Crippen LogP contribution >= 0.6 is 12.4 Å². The van der Waals surface area contributed by atoms with Gasteiger partial charge in [0.25, 0.3) is 5.91 Å². The van der Waals surface area contributed by atoms with Gasteiger partial charge in [0.05, 0.1) is 22.1 Å². The average molecular weight is 449 g/mol. The number of piperazine rings is 1. The molecule has 3 rings (SSSR count). The number of hydrogen-bond donors (Lipinski definition) is 0. The number of hydrogen-bond acceptors (Lipinski definition) is 5. The number of halogens is 1. The number of nitriles is 1. The second-order valence-corrected chi connectivity index (χ2v) is 9.10. The number of benzene rings is 1. The number of pyridine rings is 1. The first kappa shape index (κ1) is 23.8. The van der Waals surface area contributed by atoms with Gasteiger partial charge in [0, 0.05) is 37.6 Å². The lowest BCUT2D eigenvalue weighted by Gasteiger charge is -2.39. The fourth-order valence-electron chi connectivity index (χ4n) is 3.52. The smallest absolute Gasteiger partial charge is 0.255 e. The zero-order valence-electron chi connectivity index (χ0n) is 17.2. The van der Waals surface area contributed by atoms with Crippen LogP contribution in [0.25, 0.3) is 0 Å². The van der Waals surface area contributed by atoms with Crippen LogP contribution in [0.5, 0.6) is 0 Å². The van der Waals surface area contributed by atoms with Crippen molar-refractivity contribution in [2.24, 2.45) is 0 Å². The summed E-state index contributed by atoms with van der Waals surface area (Å²) in [6.45, 7) is 6.28. The largest absolute Gasteiger partial charge is 0.333 e. The van der Waals surface area contributed by atoms with Crippen LogP contribution in [0.1, 0.15) is 41.0 Å². The molecule has 0 N–H and O–H groups in total. The molecule has 9 heteroatoms. The highest BCUT2D eigenvalue weighted by Gasteiger charge is 2.35. The number of aryl methyl sites for hydroxylation is 2. The maximum atomic E-state index is 13.1. The molecule has 0 unspecified atom stereocenters. The van der Waals surface area contributed by atoms with Gasteiger partial charge in [-0.25, -0.2) is 8.42 Å². The molecule has 1 aliphatic heterocycles. The van der Waals surface area contributed by atoms with Gasteiger partial charge in [0.15, 0.2) is 0 Å². The van der Waals surface area contributed by atoms with Gasteiger partial charge >= 0.3 is 0 Å². The Hall–Kier alpha value is -2.47. The van der Waals surface area contributed by atoms with Gasteiger partial charge in [0.1, 0.15) is 0 Å². The number of sulfonamides is 1. The number of carbonyl (C=O) groups is 1. The molecule has 0 spiro atoms. The van der Waals surface area contributed by atoms with E-state index in [1.807, 2.05) is 26.0 Å². The van der Waals surface area contributed by atoms with E-state index in [1.165, 1.54) is 16.4 Å². The Morgan fingerprint density at radius 3 is 2.53 bits per heavy atom. The highest BCUT2D eigenvalue weighted by Crippen LogP contribution is 2.24. The molecule has 0 bridgehead atoms. The third-order valence-electron chi connectivity index (χ3n) is 5.21. The van der Waals surface area contributed by atoms with E-state index in [0.717, 1.165) is 12.1 Å². The van der Waals surface area contributed by atoms with Crippen molar-refractivity contribution < 1.29 is 13.2 Å². The summed E-state index contributed by atoms with van der Waals surface area (Å²) in [5.74, 6) is -0.140. The topological polar surface area (TPSA) is 94.4 Å². The monoisotopic (exact) mass is 448 g/mol. The normalized spacial score (nSPS) is 17.1. The van der Waals surface area contributed by atoms with Crippen molar-refractivity contribution in [2.45, 2.75) is 38.1 Å². The van der Waals surface area contributed by atoms with Crippen LogP contribution in [0.15, 0.2) is 41.4 Å². The molecule has 2 heterocycles. The summed E-state index contributed by atoms with van der Waals surface area (Å²) in [5.41, 5.74) is 2.39. The molecule has 0 radical (unpaired) electrons. The Kier molecular flexibility index (Phi) is 7.59. The van der Waals surface area contributed by atoms with Crippen LogP contribution in [0.4, 0.5) is 0 Å². The van der Waals surface area contributed by atoms with E-state index in [0.29, 0.717) is 23.2 Å². The molecular weight excluding hydrogens is 424 g/mol. The minimum Gasteiger partial charge on any atom is -0.333 e. The minimum absolute atomic E-state index is 0. The Morgan fingerprint density at radius 1 is 1.27 bits per heavy atom. The Morgan fingerprint density at radius 2 is 2.00 bits per heavy atom. The predicted octanol–water partition coefficient (Wildman–Crippen LogP) is 2.78. The first-order valence-electron chi connectivity index (χ1n) is 9.54. The Labute approximate surface area is 183 Å². The van der Waals surface area contributed by atoms with Gasteiger partial charge in [-0.3, -0.25) is 9.78 Å². The molecule has 1 fully saturated rings. The van der Waals surface area contributed by atoms with Crippen molar-refractivity contribution in [1.29, 1.82) is 5.26 Å². The quantitative estimate of drug-likeness (QED) is 0.716. The van der Waals surface area contributed by atoms with Gasteiger partial charge in [-0.1, -0.05) is 6.92 Å². The lowest BCUT2D eigenvalue weighted by Crippen LogP contribution is -2.55. The maximum absolute atomic E-state index is 13.1. The molecule has 1 aromatic heterocycles.